The molecule has 110 valence electrons. The van der Waals surface area contributed by atoms with Gasteiger partial charge in [0.15, 0.2) is 0 Å². The Morgan fingerprint density at radius 2 is 1.90 bits per heavy atom. The molecule has 1 aromatic rings. The number of hydrogen-bond acceptors (Lipinski definition) is 2. The van der Waals surface area contributed by atoms with Crippen molar-refractivity contribution in [1.82, 2.24) is 4.90 Å². The number of carbonyl (C=O) groups is 1. The number of benzene rings is 1. The van der Waals surface area contributed by atoms with Crippen LogP contribution in [0.5, 0.6) is 0 Å². The van der Waals surface area contributed by atoms with Gasteiger partial charge in [0.2, 0.25) is 5.91 Å². The van der Waals surface area contributed by atoms with Crippen LogP contribution in [0.1, 0.15) is 25.3 Å². The van der Waals surface area contributed by atoms with Gasteiger partial charge in [0, 0.05) is 18.3 Å². The van der Waals surface area contributed by atoms with Crippen LogP contribution in [0.15, 0.2) is 24.3 Å². The van der Waals surface area contributed by atoms with E-state index in [2.05, 4.69) is 5.32 Å². The Bertz CT molecular complexity index is 466. The van der Waals surface area contributed by atoms with Crippen molar-refractivity contribution in [2.75, 3.05) is 18.4 Å². The molecule has 0 heterocycles. The molecule has 0 spiro atoms. The first-order valence-corrected chi connectivity index (χ1v) is 6.62. The Hall–Kier alpha value is -1.72. The molecule has 0 atom stereocenters. The second kappa shape index (κ2) is 5.73. The molecular weight excluding hydrogens is 269 g/mol. The monoisotopic (exact) mass is 286 g/mol. The number of rotatable bonds is 5. The second-order valence-corrected chi connectivity index (χ2v) is 4.84. The Morgan fingerprint density at radius 3 is 2.35 bits per heavy atom. The minimum atomic E-state index is -4.33. The predicted octanol–water partition coefficient (Wildman–Crippen LogP) is 3.13. The van der Waals surface area contributed by atoms with E-state index < -0.39 is 11.7 Å². The molecule has 0 aliphatic heterocycles. The maximum atomic E-state index is 12.4. The van der Waals surface area contributed by atoms with E-state index in [4.69, 9.17) is 0 Å². The first-order chi connectivity index (χ1) is 9.41. The van der Waals surface area contributed by atoms with E-state index in [1.54, 1.807) is 4.90 Å². The fourth-order valence-corrected chi connectivity index (χ4v) is 2.08. The van der Waals surface area contributed by atoms with E-state index in [0.717, 1.165) is 25.0 Å². The van der Waals surface area contributed by atoms with Gasteiger partial charge >= 0.3 is 6.18 Å². The molecule has 6 heteroatoms. The van der Waals surface area contributed by atoms with E-state index in [0.29, 0.717) is 18.3 Å². The molecule has 1 saturated carbocycles. The molecular formula is C14H17F3N2O. The molecule has 1 fully saturated rings. The summed E-state index contributed by atoms with van der Waals surface area (Å²) in [5, 5.41) is 2.86. The van der Waals surface area contributed by atoms with E-state index in [1.807, 2.05) is 6.92 Å². The Labute approximate surface area is 115 Å². The summed E-state index contributed by atoms with van der Waals surface area (Å²) in [4.78, 5) is 13.7. The summed E-state index contributed by atoms with van der Waals surface area (Å²) >= 11 is 0. The standard InChI is InChI=1S/C14H17F3N2O/c1-2-19(12-7-8-12)13(20)9-18-11-5-3-10(4-6-11)14(15,16)17/h3-6,12,18H,2,7-9H2,1H3. The lowest BCUT2D eigenvalue weighted by atomic mass is 10.2. The molecule has 0 aromatic heterocycles. The molecule has 3 nitrogen and oxygen atoms in total. The first-order valence-electron chi connectivity index (χ1n) is 6.62. The summed E-state index contributed by atoms with van der Waals surface area (Å²) in [5.41, 5.74) is -0.180. The number of anilines is 1. The van der Waals surface area contributed by atoms with Crippen molar-refractivity contribution in [1.29, 1.82) is 0 Å². The minimum absolute atomic E-state index is 0.0186. The lowest BCUT2D eigenvalue weighted by molar-refractivity contribution is -0.137. The molecule has 1 aromatic carbocycles. The minimum Gasteiger partial charge on any atom is -0.376 e. The third-order valence-corrected chi connectivity index (χ3v) is 3.30. The molecule has 1 aliphatic rings. The number of halogens is 3. The molecule has 0 radical (unpaired) electrons. The number of carbonyl (C=O) groups excluding carboxylic acids is 1. The lowest BCUT2D eigenvalue weighted by Gasteiger charge is -2.20. The van der Waals surface area contributed by atoms with Crippen molar-refractivity contribution in [2.45, 2.75) is 32.0 Å². The summed E-state index contributed by atoms with van der Waals surface area (Å²) in [5.74, 6) is -0.0186. The third-order valence-electron chi connectivity index (χ3n) is 3.30. The quantitative estimate of drug-likeness (QED) is 0.902. The number of nitrogens with zero attached hydrogens (tertiary/aromatic N) is 1. The number of hydrogen-bond donors (Lipinski definition) is 1. The lowest BCUT2D eigenvalue weighted by Crippen LogP contribution is -2.37. The van der Waals surface area contributed by atoms with E-state index in [-0.39, 0.29) is 12.5 Å². The zero-order valence-corrected chi connectivity index (χ0v) is 11.2. The molecule has 0 saturated heterocycles. The Morgan fingerprint density at radius 1 is 1.30 bits per heavy atom. The maximum Gasteiger partial charge on any atom is 0.416 e. The van der Waals surface area contributed by atoms with Crippen molar-refractivity contribution < 1.29 is 18.0 Å². The number of nitrogens with one attached hydrogen (secondary N) is 1. The fourth-order valence-electron chi connectivity index (χ4n) is 2.08. The predicted molar refractivity (Wildman–Crippen MR) is 70.3 cm³/mol. The Kier molecular flexibility index (Phi) is 4.20. The molecule has 1 N–H and O–H groups in total. The summed E-state index contributed by atoms with van der Waals surface area (Å²) in [6, 6.07) is 5.03. The van der Waals surface area contributed by atoms with Crippen LogP contribution >= 0.6 is 0 Å². The number of amides is 1. The number of likely N-dealkylation sites (N-methyl/N-ethyl adjacent to an activating group) is 1. The van der Waals surface area contributed by atoms with Gasteiger partial charge in [-0.05, 0) is 44.0 Å². The maximum absolute atomic E-state index is 12.4. The summed E-state index contributed by atoms with van der Waals surface area (Å²) < 4.78 is 37.2. The van der Waals surface area contributed by atoms with Crippen LogP contribution in [0.4, 0.5) is 18.9 Å². The van der Waals surface area contributed by atoms with Crippen molar-refractivity contribution in [2.24, 2.45) is 0 Å². The second-order valence-electron chi connectivity index (χ2n) is 4.84. The zero-order valence-electron chi connectivity index (χ0n) is 11.2. The summed E-state index contributed by atoms with van der Waals surface area (Å²) in [7, 11) is 0. The van der Waals surface area contributed by atoms with Crippen molar-refractivity contribution in [3.05, 3.63) is 29.8 Å². The number of alkyl halides is 3. The van der Waals surface area contributed by atoms with E-state index in [1.165, 1.54) is 12.1 Å². The van der Waals surface area contributed by atoms with Gasteiger partial charge in [-0.15, -0.1) is 0 Å². The summed E-state index contributed by atoms with van der Waals surface area (Å²) in [6.07, 6.45) is -2.25. The molecule has 1 aliphatic carbocycles. The van der Waals surface area contributed by atoms with Gasteiger partial charge < -0.3 is 10.2 Å². The average Bonchev–Trinajstić information content (AvgIpc) is 3.21. The SMILES string of the molecule is CCN(C(=O)CNc1ccc(C(F)(F)F)cc1)C1CC1. The van der Waals surface area contributed by atoms with E-state index in [9.17, 15) is 18.0 Å². The van der Waals surface area contributed by atoms with Crippen LogP contribution in [0.25, 0.3) is 0 Å². The van der Waals surface area contributed by atoms with Crippen LogP contribution in [0.3, 0.4) is 0 Å². The largest absolute Gasteiger partial charge is 0.416 e. The average molecular weight is 286 g/mol. The van der Waals surface area contributed by atoms with Gasteiger partial charge in [-0.2, -0.15) is 13.2 Å². The molecule has 1 amide bonds. The van der Waals surface area contributed by atoms with Crippen LogP contribution in [0.2, 0.25) is 0 Å². The van der Waals surface area contributed by atoms with Crippen molar-refractivity contribution in [3.8, 4) is 0 Å². The fraction of sp³-hybridized carbons (Fsp3) is 0.500. The van der Waals surface area contributed by atoms with Gasteiger partial charge in [-0.25, -0.2) is 0 Å². The van der Waals surface area contributed by atoms with Crippen LogP contribution in [-0.2, 0) is 11.0 Å². The highest BCUT2D eigenvalue weighted by Gasteiger charge is 2.31. The van der Waals surface area contributed by atoms with Crippen LogP contribution in [-0.4, -0.2) is 29.9 Å². The normalized spacial score (nSPS) is 15.0. The van der Waals surface area contributed by atoms with Gasteiger partial charge in [-0.1, -0.05) is 0 Å². The molecule has 0 unspecified atom stereocenters. The summed E-state index contributed by atoms with van der Waals surface area (Å²) in [6.45, 7) is 2.70. The van der Waals surface area contributed by atoms with Gasteiger partial charge in [-0.3, -0.25) is 4.79 Å². The van der Waals surface area contributed by atoms with E-state index >= 15 is 0 Å². The van der Waals surface area contributed by atoms with Gasteiger partial charge in [0.25, 0.3) is 0 Å². The smallest absolute Gasteiger partial charge is 0.376 e. The zero-order chi connectivity index (χ0) is 14.8. The van der Waals surface area contributed by atoms with Crippen molar-refractivity contribution in [3.63, 3.8) is 0 Å². The molecule has 0 bridgehead atoms. The van der Waals surface area contributed by atoms with Gasteiger partial charge in [0.1, 0.15) is 0 Å². The highest BCUT2D eigenvalue weighted by atomic mass is 19.4. The molecule has 2 rings (SSSR count). The third kappa shape index (κ3) is 3.65. The highest BCUT2D eigenvalue weighted by Crippen LogP contribution is 2.30. The Balaban J connectivity index is 1.89. The first kappa shape index (κ1) is 14.7. The van der Waals surface area contributed by atoms with Crippen LogP contribution < -0.4 is 5.32 Å². The topological polar surface area (TPSA) is 32.3 Å². The highest BCUT2D eigenvalue weighted by molar-refractivity contribution is 5.81. The van der Waals surface area contributed by atoms with Crippen LogP contribution in [0, 0.1) is 0 Å². The van der Waals surface area contributed by atoms with Gasteiger partial charge in [0.05, 0.1) is 12.1 Å². The van der Waals surface area contributed by atoms with Crippen molar-refractivity contribution >= 4 is 11.6 Å². The molecule has 20 heavy (non-hydrogen) atoms.